The molecule has 0 bridgehead atoms. The van der Waals surface area contributed by atoms with Gasteiger partial charge in [-0.3, -0.25) is 4.40 Å². The number of aryl methyl sites for hydroxylation is 3. The third kappa shape index (κ3) is 2.68. The Balaban J connectivity index is 1.87. The Morgan fingerprint density at radius 2 is 2.05 bits per heavy atom. The van der Waals surface area contributed by atoms with Crippen molar-refractivity contribution in [1.29, 1.82) is 0 Å². The minimum absolute atomic E-state index is 0.811. The minimum atomic E-state index is 0.811. The number of aromatic nitrogens is 2. The average Bonchev–Trinajstić information content (AvgIpc) is 2.98. The molecule has 0 saturated carbocycles. The monoisotopic (exact) mass is 299 g/mol. The second-order valence-electron chi connectivity index (χ2n) is 5.40. The molecule has 0 atom stereocenters. The first kappa shape index (κ1) is 14.1. The molecule has 3 aromatic rings. The van der Waals surface area contributed by atoms with Crippen LogP contribution >= 0.6 is 11.3 Å². The van der Waals surface area contributed by atoms with Crippen molar-refractivity contribution in [2.75, 3.05) is 5.32 Å². The number of nitrogens with zero attached hydrogens (tertiary/aromatic N) is 2. The summed E-state index contributed by atoms with van der Waals surface area (Å²) in [6.07, 6.45) is 2.28. The summed E-state index contributed by atoms with van der Waals surface area (Å²) in [7, 11) is 0. The fourth-order valence-electron chi connectivity index (χ4n) is 2.73. The Hall–Kier alpha value is -1.81. The minimum Gasteiger partial charge on any atom is -0.379 e. The van der Waals surface area contributed by atoms with E-state index in [4.69, 9.17) is 0 Å². The molecule has 0 saturated heterocycles. The zero-order chi connectivity index (χ0) is 14.8. The van der Waals surface area contributed by atoms with Gasteiger partial charge < -0.3 is 5.32 Å². The van der Waals surface area contributed by atoms with Crippen molar-refractivity contribution < 1.29 is 0 Å². The van der Waals surface area contributed by atoms with Crippen LogP contribution in [0.15, 0.2) is 29.6 Å². The van der Waals surface area contributed by atoms with Crippen LogP contribution in [0.4, 0.5) is 5.69 Å². The molecule has 3 rings (SSSR count). The lowest BCUT2D eigenvalue weighted by Crippen LogP contribution is -2.06. The van der Waals surface area contributed by atoms with Crippen molar-refractivity contribution >= 4 is 22.0 Å². The van der Waals surface area contributed by atoms with Crippen LogP contribution in [0.3, 0.4) is 0 Å². The van der Waals surface area contributed by atoms with E-state index in [0.29, 0.717) is 0 Å². The standard InChI is InChI=1S/C17H21N3S/c1-4-7-14-8-5-6-9-15(14)18-10-16-13(3)19-17-20(16)12(2)11-21-17/h5-6,8-9,11,18H,4,7,10H2,1-3H3. The molecule has 0 aliphatic rings. The summed E-state index contributed by atoms with van der Waals surface area (Å²) in [5.74, 6) is 0. The summed E-state index contributed by atoms with van der Waals surface area (Å²) < 4.78 is 2.26. The molecule has 2 heterocycles. The molecule has 4 heteroatoms. The number of hydrogen-bond acceptors (Lipinski definition) is 3. The van der Waals surface area contributed by atoms with Crippen LogP contribution in [-0.4, -0.2) is 9.38 Å². The summed E-state index contributed by atoms with van der Waals surface area (Å²) in [6, 6.07) is 8.58. The van der Waals surface area contributed by atoms with Gasteiger partial charge in [-0.25, -0.2) is 4.98 Å². The van der Waals surface area contributed by atoms with Crippen LogP contribution in [0.5, 0.6) is 0 Å². The zero-order valence-corrected chi connectivity index (χ0v) is 13.6. The van der Waals surface area contributed by atoms with E-state index in [1.165, 1.54) is 22.6 Å². The lowest BCUT2D eigenvalue weighted by Gasteiger charge is -2.12. The first-order valence-electron chi connectivity index (χ1n) is 7.44. The van der Waals surface area contributed by atoms with Gasteiger partial charge in [-0.05, 0) is 31.9 Å². The number of anilines is 1. The number of imidazole rings is 1. The molecule has 2 aromatic heterocycles. The highest BCUT2D eigenvalue weighted by atomic mass is 32.1. The van der Waals surface area contributed by atoms with Crippen LogP contribution in [0.2, 0.25) is 0 Å². The van der Waals surface area contributed by atoms with Crippen LogP contribution in [-0.2, 0) is 13.0 Å². The maximum atomic E-state index is 4.65. The van der Waals surface area contributed by atoms with Crippen LogP contribution in [0.25, 0.3) is 4.96 Å². The number of hydrogen-bond donors (Lipinski definition) is 1. The fraction of sp³-hybridized carbons (Fsp3) is 0.353. The van der Waals surface area contributed by atoms with Crippen molar-refractivity contribution in [2.45, 2.75) is 40.2 Å². The first-order chi connectivity index (χ1) is 10.2. The normalized spacial score (nSPS) is 11.2. The molecule has 0 aliphatic carbocycles. The fourth-order valence-corrected chi connectivity index (χ4v) is 3.67. The van der Waals surface area contributed by atoms with Gasteiger partial charge in [-0.2, -0.15) is 0 Å². The summed E-state index contributed by atoms with van der Waals surface area (Å²) in [5, 5.41) is 5.76. The van der Waals surface area contributed by atoms with Crippen LogP contribution in [0.1, 0.15) is 36.0 Å². The highest BCUT2D eigenvalue weighted by Crippen LogP contribution is 2.23. The van der Waals surface area contributed by atoms with Gasteiger partial charge >= 0.3 is 0 Å². The van der Waals surface area contributed by atoms with Gasteiger partial charge in [0.25, 0.3) is 0 Å². The van der Waals surface area contributed by atoms with E-state index in [9.17, 15) is 0 Å². The van der Waals surface area contributed by atoms with E-state index in [2.05, 4.69) is 65.1 Å². The van der Waals surface area contributed by atoms with Gasteiger partial charge in [-0.1, -0.05) is 31.5 Å². The van der Waals surface area contributed by atoms with E-state index in [1.54, 1.807) is 11.3 Å². The molecular formula is C17H21N3S. The predicted molar refractivity (Wildman–Crippen MR) is 90.3 cm³/mol. The number of fused-ring (bicyclic) bond motifs is 1. The lowest BCUT2D eigenvalue weighted by atomic mass is 10.1. The Bertz CT molecular complexity index is 755. The number of nitrogens with one attached hydrogen (secondary N) is 1. The third-order valence-corrected chi connectivity index (χ3v) is 4.76. The molecule has 0 amide bonds. The SMILES string of the molecule is CCCc1ccccc1NCc1c(C)nc2scc(C)n12. The molecule has 21 heavy (non-hydrogen) atoms. The topological polar surface area (TPSA) is 29.3 Å². The Kier molecular flexibility index (Phi) is 3.97. The van der Waals surface area contributed by atoms with Crippen molar-refractivity contribution in [3.05, 3.63) is 52.3 Å². The third-order valence-electron chi connectivity index (χ3n) is 3.81. The molecule has 0 unspecified atom stereocenters. The molecule has 3 nitrogen and oxygen atoms in total. The van der Waals surface area contributed by atoms with Crippen molar-refractivity contribution in [2.24, 2.45) is 0 Å². The summed E-state index contributed by atoms with van der Waals surface area (Å²) in [4.78, 5) is 5.73. The van der Waals surface area contributed by atoms with Crippen LogP contribution in [0, 0.1) is 13.8 Å². The Labute approximate surface area is 129 Å². The quantitative estimate of drug-likeness (QED) is 0.747. The first-order valence-corrected chi connectivity index (χ1v) is 8.32. The summed E-state index contributed by atoms with van der Waals surface area (Å²) >= 11 is 1.71. The molecule has 0 radical (unpaired) electrons. The van der Waals surface area contributed by atoms with Gasteiger partial charge in [0.15, 0.2) is 4.96 Å². The number of rotatable bonds is 5. The van der Waals surface area contributed by atoms with Crippen molar-refractivity contribution in [1.82, 2.24) is 9.38 Å². The number of thiazole rings is 1. The van der Waals surface area contributed by atoms with Gasteiger partial charge in [0.05, 0.1) is 17.9 Å². The maximum Gasteiger partial charge on any atom is 0.194 e. The van der Waals surface area contributed by atoms with E-state index in [0.717, 1.165) is 30.0 Å². The van der Waals surface area contributed by atoms with Crippen molar-refractivity contribution in [3.8, 4) is 0 Å². The predicted octanol–water partition coefficient (Wildman–Crippen LogP) is 4.58. The second-order valence-corrected chi connectivity index (χ2v) is 6.24. The van der Waals surface area contributed by atoms with Crippen LogP contribution < -0.4 is 5.32 Å². The average molecular weight is 299 g/mol. The zero-order valence-electron chi connectivity index (χ0n) is 12.8. The van der Waals surface area contributed by atoms with E-state index >= 15 is 0 Å². The molecule has 1 N–H and O–H groups in total. The molecule has 0 spiro atoms. The molecule has 1 aromatic carbocycles. The van der Waals surface area contributed by atoms with Gasteiger partial charge in [-0.15, -0.1) is 11.3 Å². The molecule has 0 fully saturated rings. The van der Waals surface area contributed by atoms with Gasteiger partial charge in [0, 0.05) is 16.8 Å². The largest absolute Gasteiger partial charge is 0.379 e. The highest BCUT2D eigenvalue weighted by molar-refractivity contribution is 7.15. The molecule has 0 aliphatic heterocycles. The van der Waals surface area contributed by atoms with Gasteiger partial charge in [0.1, 0.15) is 0 Å². The van der Waals surface area contributed by atoms with Crippen molar-refractivity contribution in [3.63, 3.8) is 0 Å². The van der Waals surface area contributed by atoms with E-state index in [1.807, 2.05) is 0 Å². The second kappa shape index (κ2) is 5.90. The number of benzene rings is 1. The Morgan fingerprint density at radius 1 is 1.24 bits per heavy atom. The van der Waals surface area contributed by atoms with Gasteiger partial charge in [0.2, 0.25) is 0 Å². The number of para-hydroxylation sites is 1. The summed E-state index contributed by atoms with van der Waals surface area (Å²) in [6.45, 7) is 7.26. The maximum absolute atomic E-state index is 4.65. The molecular weight excluding hydrogens is 278 g/mol. The summed E-state index contributed by atoms with van der Waals surface area (Å²) in [5.41, 5.74) is 6.26. The lowest BCUT2D eigenvalue weighted by molar-refractivity contribution is 0.913. The van der Waals surface area contributed by atoms with E-state index < -0.39 is 0 Å². The smallest absolute Gasteiger partial charge is 0.194 e. The highest BCUT2D eigenvalue weighted by Gasteiger charge is 2.12. The Morgan fingerprint density at radius 3 is 2.86 bits per heavy atom. The van der Waals surface area contributed by atoms with E-state index in [-0.39, 0.29) is 0 Å². The molecule has 110 valence electrons.